The molecule has 0 bridgehead atoms. The second kappa shape index (κ2) is 5.83. The molecule has 1 N–H and O–H groups in total. The normalized spacial score (nSPS) is 12.6. The third kappa shape index (κ3) is 2.79. The topological polar surface area (TPSA) is 29.9 Å². The highest BCUT2D eigenvalue weighted by molar-refractivity contribution is 5.24. The fraction of sp³-hybridized carbons (Fsp3) is 0.400. The van der Waals surface area contributed by atoms with E-state index in [0.29, 0.717) is 6.04 Å². The highest BCUT2D eigenvalue weighted by Gasteiger charge is 2.14. The average molecular weight is 243 g/mol. The van der Waals surface area contributed by atoms with Crippen LogP contribution in [0.15, 0.2) is 36.5 Å². The number of aryl methyl sites for hydroxylation is 2. The Morgan fingerprint density at radius 1 is 1.33 bits per heavy atom. The molecule has 1 unspecified atom stereocenters. The third-order valence-electron chi connectivity index (χ3n) is 3.28. The summed E-state index contributed by atoms with van der Waals surface area (Å²) in [5, 5.41) is 7.73. The molecule has 96 valence electrons. The lowest BCUT2D eigenvalue weighted by molar-refractivity contribution is 0.513. The summed E-state index contributed by atoms with van der Waals surface area (Å²) in [6.45, 7) is 5.17. The largest absolute Gasteiger partial charge is 0.311 e. The monoisotopic (exact) mass is 243 g/mol. The van der Waals surface area contributed by atoms with Gasteiger partial charge in [0.25, 0.3) is 0 Å². The quantitative estimate of drug-likeness (QED) is 0.875. The molecule has 1 aromatic carbocycles. The second-order valence-electron chi connectivity index (χ2n) is 4.61. The SMILES string of the molecule is CCn1nccc1C(Cc1cccc(C)c1)NC. The standard InChI is InChI=1S/C15H21N3/c1-4-18-15(8-9-17-18)14(16-3)11-13-7-5-6-12(2)10-13/h5-10,14,16H,4,11H2,1-3H3. The predicted molar refractivity (Wildman–Crippen MR) is 74.6 cm³/mol. The Balaban J connectivity index is 2.20. The minimum atomic E-state index is 0.314. The van der Waals surface area contributed by atoms with Crippen molar-refractivity contribution in [2.45, 2.75) is 32.9 Å². The van der Waals surface area contributed by atoms with E-state index >= 15 is 0 Å². The van der Waals surface area contributed by atoms with Crippen molar-refractivity contribution in [2.75, 3.05) is 7.05 Å². The Morgan fingerprint density at radius 2 is 2.17 bits per heavy atom. The van der Waals surface area contributed by atoms with E-state index in [1.165, 1.54) is 16.8 Å². The van der Waals surface area contributed by atoms with Gasteiger partial charge in [-0.25, -0.2) is 0 Å². The molecule has 0 fully saturated rings. The summed E-state index contributed by atoms with van der Waals surface area (Å²) in [5.41, 5.74) is 3.92. The van der Waals surface area contributed by atoms with E-state index < -0.39 is 0 Å². The summed E-state index contributed by atoms with van der Waals surface area (Å²) >= 11 is 0. The van der Waals surface area contributed by atoms with E-state index in [0.717, 1.165) is 13.0 Å². The molecule has 0 amide bonds. The van der Waals surface area contributed by atoms with Crippen molar-refractivity contribution < 1.29 is 0 Å². The first-order valence-electron chi connectivity index (χ1n) is 6.49. The second-order valence-corrected chi connectivity index (χ2v) is 4.61. The van der Waals surface area contributed by atoms with E-state index in [4.69, 9.17) is 0 Å². The number of nitrogens with zero attached hydrogens (tertiary/aromatic N) is 2. The number of hydrogen-bond acceptors (Lipinski definition) is 2. The van der Waals surface area contributed by atoms with Gasteiger partial charge in [-0.15, -0.1) is 0 Å². The van der Waals surface area contributed by atoms with Crippen molar-refractivity contribution >= 4 is 0 Å². The number of benzene rings is 1. The summed E-state index contributed by atoms with van der Waals surface area (Å²) in [7, 11) is 2.01. The molecule has 1 atom stereocenters. The fourth-order valence-corrected chi connectivity index (χ4v) is 2.33. The van der Waals surface area contributed by atoms with E-state index in [2.05, 4.69) is 59.3 Å². The van der Waals surface area contributed by atoms with Crippen molar-refractivity contribution in [1.82, 2.24) is 15.1 Å². The van der Waals surface area contributed by atoms with Crippen molar-refractivity contribution in [3.8, 4) is 0 Å². The van der Waals surface area contributed by atoms with Gasteiger partial charge < -0.3 is 5.32 Å². The zero-order chi connectivity index (χ0) is 13.0. The summed E-state index contributed by atoms with van der Waals surface area (Å²) < 4.78 is 2.05. The Bertz CT molecular complexity index is 502. The molecule has 0 aliphatic carbocycles. The van der Waals surface area contributed by atoms with Crippen LogP contribution in [0.2, 0.25) is 0 Å². The van der Waals surface area contributed by atoms with E-state index in [9.17, 15) is 0 Å². The van der Waals surface area contributed by atoms with E-state index in [-0.39, 0.29) is 0 Å². The molecule has 0 spiro atoms. The number of hydrogen-bond donors (Lipinski definition) is 1. The lowest BCUT2D eigenvalue weighted by Crippen LogP contribution is -2.22. The van der Waals surface area contributed by atoms with Crippen molar-refractivity contribution in [1.29, 1.82) is 0 Å². The Kier molecular flexibility index (Phi) is 4.15. The maximum Gasteiger partial charge on any atom is 0.0556 e. The van der Waals surface area contributed by atoms with Gasteiger partial charge in [0.1, 0.15) is 0 Å². The zero-order valence-corrected chi connectivity index (χ0v) is 11.4. The summed E-state index contributed by atoms with van der Waals surface area (Å²) in [6, 6.07) is 11.1. The molecule has 18 heavy (non-hydrogen) atoms. The number of nitrogens with one attached hydrogen (secondary N) is 1. The van der Waals surface area contributed by atoms with Crippen LogP contribution in [-0.2, 0) is 13.0 Å². The van der Waals surface area contributed by atoms with Gasteiger partial charge in [0.2, 0.25) is 0 Å². The maximum atomic E-state index is 4.34. The van der Waals surface area contributed by atoms with Crippen LogP contribution in [0.25, 0.3) is 0 Å². The van der Waals surface area contributed by atoms with Gasteiger partial charge in [-0.2, -0.15) is 5.10 Å². The fourth-order valence-electron chi connectivity index (χ4n) is 2.33. The maximum absolute atomic E-state index is 4.34. The molecule has 0 radical (unpaired) electrons. The Hall–Kier alpha value is -1.61. The first-order chi connectivity index (χ1) is 8.74. The van der Waals surface area contributed by atoms with Crippen LogP contribution >= 0.6 is 0 Å². The average Bonchev–Trinajstić information content (AvgIpc) is 2.84. The molecular weight excluding hydrogens is 222 g/mol. The molecule has 3 nitrogen and oxygen atoms in total. The highest BCUT2D eigenvalue weighted by Crippen LogP contribution is 2.18. The van der Waals surface area contributed by atoms with Gasteiger partial charge >= 0.3 is 0 Å². The highest BCUT2D eigenvalue weighted by atomic mass is 15.3. The van der Waals surface area contributed by atoms with E-state index in [1.54, 1.807) is 0 Å². The van der Waals surface area contributed by atoms with Gasteiger partial charge in [0, 0.05) is 12.7 Å². The summed E-state index contributed by atoms with van der Waals surface area (Å²) in [4.78, 5) is 0. The van der Waals surface area contributed by atoms with Crippen LogP contribution in [0.1, 0.15) is 29.8 Å². The van der Waals surface area contributed by atoms with Crippen LogP contribution in [0.3, 0.4) is 0 Å². The Labute approximate surface area is 109 Å². The molecular formula is C15H21N3. The first kappa shape index (κ1) is 12.8. The van der Waals surface area contributed by atoms with Gasteiger partial charge in [-0.05, 0) is 38.9 Å². The van der Waals surface area contributed by atoms with Gasteiger partial charge in [-0.1, -0.05) is 29.8 Å². The smallest absolute Gasteiger partial charge is 0.0556 e. The minimum Gasteiger partial charge on any atom is -0.311 e. The molecule has 2 rings (SSSR count). The van der Waals surface area contributed by atoms with Crippen LogP contribution in [0.4, 0.5) is 0 Å². The van der Waals surface area contributed by atoms with Gasteiger partial charge in [0.15, 0.2) is 0 Å². The van der Waals surface area contributed by atoms with Crippen LogP contribution in [0, 0.1) is 6.92 Å². The van der Waals surface area contributed by atoms with Crippen molar-refractivity contribution in [3.05, 3.63) is 53.3 Å². The van der Waals surface area contributed by atoms with Gasteiger partial charge in [-0.3, -0.25) is 4.68 Å². The number of rotatable bonds is 5. The molecule has 0 aliphatic rings. The van der Waals surface area contributed by atoms with Crippen LogP contribution < -0.4 is 5.32 Å². The van der Waals surface area contributed by atoms with Crippen LogP contribution in [0.5, 0.6) is 0 Å². The first-order valence-corrected chi connectivity index (χ1v) is 6.49. The van der Waals surface area contributed by atoms with Crippen molar-refractivity contribution in [3.63, 3.8) is 0 Å². The molecule has 0 saturated heterocycles. The molecule has 1 heterocycles. The lowest BCUT2D eigenvalue weighted by atomic mass is 10.0. The van der Waals surface area contributed by atoms with Gasteiger partial charge in [0.05, 0.1) is 11.7 Å². The minimum absolute atomic E-state index is 0.314. The van der Waals surface area contributed by atoms with Crippen LogP contribution in [-0.4, -0.2) is 16.8 Å². The number of aromatic nitrogens is 2. The molecule has 1 aromatic heterocycles. The molecule has 0 saturated carbocycles. The third-order valence-corrected chi connectivity index (χ3v) is 3.28. The summed E-state index contributed by atoms with van der Waals surface area (Å²) in [6.07, 6.45) is 2.86. The molecule has 0 aliphatic heterocycles. The van der Waals surface area contributed by atoms with E-state index in [1.807, 2.05) is 13.2 Å². The number of likely N-dealkylation sites (N-methyl/N-ethyl adjacent to an activating group) is 1. The summed E-state index contributed by atoms with van der Waals surface area (Å²) in [5.74, 6) is 0. The molecule has 3 heteroatoms. The lowest BCUT2D eigenvalue weighted by Gasteiger charge is -2.17. The molecule has 2 aromatic rings. The zero-order valence-electron chi connectivity index (χ0n) is 11.4. The van der Waals surface area contributed by atoms with Crippen molar-refractivity contribution in [2.24, 2.45) is 0 Å². The Morgan fingerprint density at radius 3 is 2.83 bits per heavy atom. The predicted octanol–water partition coefficient (Wildman–Crippen LogP) is 2.71.